The minimum absolute atomic E-state index is 0.178. The second-order valence-electron chi connectivity index (χ2n) is 5.21. The third-order valence-electron chi connectivity index (χ3n) is 4.28. The Morgan fingerprint density at radius 1 is 1.35 bits per heavy atom. The zero-order valence-electron chi connectivity index (χ0n) is 9.95. The Morgan fingerprint density at radius 3 is 2.88 bits per heavy atom. The highest BCUT2D eigenvalue weighted by atomic mass is 16.6. The van der Waals surface area contributed by atoms with Crippen molar-refractivity contribution >= 4 is 11.9 Å². The molecule has 0 amide bonds. The van der Waals surface area contributed by atoms with E-state index in [1.54, 1.807) is 0 Å². The maximum Gasteiger partial charge on any atom is 0.316 e. The molecule has 1 aliphatic heterocycles. The second-order valence-corrected chi connectivity index (χ2v) is 5.21. The van der Waals surface area contributed by atoms with Crippen molar-refractivity contribution in [1.29, 1.82) is 0 Å². The summed E-state index contributed by atoms with van der Waals surface area (Å²) in [6, 6.07) is 0. The molecule has 0 unspecified atom stereocenters. The van der Waals surface area contributed by atoms with Gasteiger partial charge in [-0.05, 0) is 37.7 Å². The lowest BCUT2D eigenvalue weighted by molar-refractivity contribution is -0.154. The smallest absolute Gasteiger partial charge is 0.316 e. The second kappa shape index (κ2) is 3.59. The van der Waals surface area contributed by atoms with E-state index in [0.717, 1.165) is 19.3 Å². The van der Waals surface area contributed by atoms with E-state index >= 15 is 0 Å². The van der Waals surface area contributed by atoms with Gasteiger partial charge in [0.15, 0.2) is 0 Å². The fraction of sp³-hybridized carbons (Fsp3) is 0.692. The number of hydrogen-bond donors (Lipinski definition) is 0. The van der Waals surface area contributed by atoms with Crippen molar-refractivity contribution in [1.82, 2.24) is 0 Å². The highest BCUT2D eigenvalue weighted by Gasteiger charge is 2.61. The first-order chi connectivity index (χ1) is 8.17. The minimum atomic E-state index is -0.735. The Balaban J connectivity index is 2.00. The number of hydrogen-bond acceptors (Lipinski definition) is 4. The summed E-state index contributed by atoms with van der Waals surface area (Å²) >= 11 is 0. The van der Waals surface area contributed by atoms with Crippen LogP contribution in [0.1, 0.15) is 38.5 Å². The monoisotopic (exact) mass is 236 g/mol. The van der Waals surface area contributed by atoms with Gasteiger partial charge in [-0.15, -0.1) is 0 Å². The largest absolute Gasteiger partial charge is 0.468 e. The SMILES string of the molecule is COC(=O)[C@@]12CC(=O)O[C@@H]1C1=C(CCCC1)C2. The summed E-state index contributed by atoms with van der Waals surface area (Å²) < 4.78 is 10.3. The lowest BCUT2D eigenvalue weighted by atomic mass is 9.80. The van der Waals surface area contributed by atoms with Crippen LogP contribution in [0.4, 0.5) is 0 Å². The van der Waals surface area contributed by atoms with Crippen LogP contribution in [0.25, 0.3) is 0 Å². The van der Waals surface area contributed by atoms with Crippen molar-refractivity contribution in [2.24, 2.45) is 5.41 Å². The Labute approximate surface area is 100.0 Å². The van der Waals surface area contributed by atoms with Crippen LogP contribution in [0.3, 0.4) is 0 Å². The minimum Gasteiger partial charge on any atom is -0.468 e. The molecule has 0 bridgehead atoms. The molecule has 0 aromatic carbocycles. The number of carbonyl (C=O) groups excluding carboxylic acids is 2. The number of fused-ring (bicyclic) bond motifs is 2. The Kier molecular flexibility index (Phi) is 2.28. The van der Waals surface area contributed by atoms with Gasteiger partial charge in [-0.3, -0.25) is 9.59 Å². The molecule has 0 N–H and O–H groups in total. The van der Waals surface area contributed by atoms with Crippen molar-refractivity contribution in [2.45, 2.75) is 44.6 Å². The van der Waals surface area contributed by atoms with Crippen LogP contribution >= 0.6 is 0 Å². The number of allylic oxidation sites excluding steroid dienone is 1. The van der Waals surface area contributed by atoms with Gasteiger partial charge in [0, 0.05) is 0 Å². The van der Waals surface area contributed by atoms with Gasteiger partial charge >= 0.3 is 11.9 Å². The summed E-state index contributed by atoms with van der Waals surface area (Å²) in [7, 11) is 1.38. The van der Waals surface area contributed by atoms with Gasteiger partial charge in [0.1, 0.15) is 11.5 Å². The van der Waals surface area contributed by atoms with E-state index in [4.69, 9.17) is 9.47 Å². The van der Waals surface area contributed by atoms with Crippen LogP contribution in [-0.4, -0.2) is 25.2 Å². The molecule has 3 aliphatic rings. The van der Waals surface area contributed by atoms with Crippen LogP contribution in [0.2, 0.25) is 0 Å². The summed E-state index contributed by atoms with van der Waals surface area (Å²) in [5.41, 5.74) is 1.80. The first-order valence-electron chi connectivity index (χ1n) is 6.16. The van der Waals surface area contributed by atoms with E-state index in [2.05, 4.69) is 0 Å². The molecule has 4 nitrogen and oxygen atoms in total. The van der Waals surface area contributed by atoms with E-state index < -0.39 is 5.41 Å². The molecule has 0 saturated carbocycles. The zero-order chi connectivity index (χ0) is 12.0. The lowest BCUT2D eigenvalue weighted by Crippen LogP contribution is -2.37. The van der Waals surface area contributed by atoms with Crippen LogP contribution in [0, 0.1) is 5.41 Å². The topological polar surface area (TPSA) is 52.6 Å². The molecule has 0 aromatic rings. The van der Waals surface area contributed by atoms with E-state index in [0.29, 0.717) is 6.42 Å². The summed E-state index contributed by atoms with van der Waals surface area (Å²) in [5, 5.41) is 0. The summed E-state index contributed by atoms with van der Waals surface area (Å²) in [6.45, 7) is 0. The lowest BCUT2D eigenvalue weighted by Gasteiger charge is -2.24. The molecule has 1 fully saturated rings. The first kappa shape index (κ1) is 10.8. The molecular formula is C13H16O4. The van der Waals surface area contributed by atoms with E-state index in [-0.39, 0.29) is 24.5 Å². The standard InChI is InChI=1S/C13H16O4/c1-16-12(15)13-6-8-4-2-3-5-9(8)11(13)17-10(14)7-13/h11H,2-7H2,1H3/t11-,13+/m1/s1. The molecule has 0 spiro atoms. The molecule has 2 atom stereocenters. The van der Waals surface area contributed by atoms with Gasteiger partial charge in [0.25, 0.3) is 0 Å². The maximum absolute atomic E-state index is 12.0. The third-order valence-corrected chi connectivity index (χ3v) is 4.28. The predicted octanol–water partition coefficient (Wildman–Crippen LogP) is 1.74. The summed E-state index contributed by atoms with van der Waals surface area (Å²) in [4.78, 5) is 23.5. The predicted molar refractivity (Wildman–Crippen MR) is 59.1 cm³/mol. The van der Waals surface area contributed by atoms with Gasteiger partial charge in [-0.1, -0.05) is 5.57 Å². The molecule has 4 heteroatoms. The van der Waals surface area contributed by atoms with Crippen molar-refractivity contribution in [3.05, 3.63) is 11.1 Å². The van der Waals surface area contributed by atoms with Crippen molar-refractivity contribution in [3.8, 4) is 0 Å². The van der Waals surface area contributed by atoms with Crippen LogP contribution in [0.15, 0.2) is 11.1 Å². The van der Waals surface area contributed by atoms with Gasteiger partial charge in [0.2, 0.25) is 0 Å². The highest BCUT2D eigenvalue weighted by molar-refractivity contribution is 5.89. The summed E-state index contributed by atoms with van der Waals surface area (Å²) in [6.07, 6.45) is 4.82. The molecule has 92 valence electrons. The quantitative estimate of drug-likeness (QED) is 0.514. The molecule has 3 rings (SSSR count). The average Bonchev–Trinajstić information content (AvgIpc) is 2.80. The van der Waals surface area contributed by atoms with Crippen molar-refractivity contribution < 1.29 is 19.1 Å². The fourth-order valence-electron chi connectivity index (χ4n) is 3.54. The number of esters is 2. The molecule has 1 heterocycles. The molecule has 0 radical (unpaired) electrons. The van der Waals surface area contributed by atoms with Gasteiger partial charge in [-0.25, -0.2) is 0 Å². The van der Waals surface area contributed by atoms with E-state index in [9.17, 15) is 9.59 Å². The number of rotatable bonds is 1. The van der Waals surface area contributed by atoms with Gasteiger partial charge in [-0.2, -0.15) is 0 Å². The fourth-order valence-corrected chi connectivity index (χ4v) is 3.54. The zero-order valence-corrected chi connectivity index (χ0v) is 9.95. The van der Waals surface area contributed by atoms with Crippen molar-refractivity contribution in [3.63, 3.8) is 0 Å². The normalized spacial score (nSPS) is 35.4. The number of methoxy groups -OCH3 is 1. The Hall–Kier alpha value is -1.32. The molecule has 17 heavy (non-hydrogen) atoms. The molecule has 1 saturated heterocycles. The van der Waals surface area contributed by atoms with E-state index in [1.165, 1.54) is 24.7 Å². The molecule has 2 aliphatic carbocycles. The molecular weight excluding hydrogens is 220 g/mol. The first-order valence-corrected chi connectivity index (χ1v) is 6.16. The third kappa shape index (κ3) is 1.36. The Bertz CT molecular complexity index is 423. The van der Waals surface area contributed by atoms with Gasteiger partial charge in [0.05, 0.1) is 13.5 Å². The highest BCUT2D eigenvalue weighted by Crippen LogP contribution is 2.54. The van der Waals surface area contributed by atoms with Crippen LogP contribution in [0.5, 0.6) is 0 Å². The number of carbonyl (C=O) groups is 2. The summed E-state index contributed by atoms with van der Waals surface area (Å²) in [5.74, 6) is -0.555. The maximum atomic E-state index is 12.0. The van der Waals surface area contributed by atoms with Crippen LogP contribution in [-0.2, 0) is 19.1 Å². The van der Waals surface area contributed by atoms with E-state index in [1.807, 2.05) is 0 Å². The van der Waals surface area contributed by atoms with Gasteiger partial charge < -0.3 is 9.47 Å². The average molecular weight is 236 g/mol. The molecule has 0 aromatic heterocycles. The van der Waals surface area contributed by atoms with Crippen molar-refractivity contribution in [2.75, 3.05) is 7.11 Å². The van der Waals surface area contributed by atoms with Crippen LogP contribution < -0.4 is 0 Å². The number of ether oxygens (including phenoxy) is 2. The Morgan fingerprint density at radius 2 is 2.12 bits per heavy atom.